The van der Waals surface area contributed by atoms with E-state index in [2.05, 4.69) is 31.5 Å². The van der Waals surface area contributed by atoms with E-state index in [-0.39, 0.29) is 23.0 Å². The number of nitrogens with one attached hydrogen (secondary N) is 2. The number of carboxylic acid groups (broad SMARTS) is 2. The third-order valence-corrected chi connectivity index (χ3v) is 10.2. The summed E-state index contributed by atoms with van der Waals surface area (Å²) in [7, 11) is 1.59. The van der Waals surface area contributed by atoms with E-state index in [1.807, 2.05) is 73.7 Å². The first kappa shape index (κ1) is 33.8. The van der Waals surface area contributed by atoms with Crippen LogP contribution in [0, 0.1) is 6.92 Å². The largest absolute Gasteiger partial charge is 0.497 e. The van der Waals surface area contributed by atoms with Crippen molar-refractivity contribution in [3.63, 3.8) is 0 Å². The molecule has 0 aliphatic carbocycles. The Morgan fingerprint density at radius 2 is 1.76 bits per heavy atom. The van der Waals surface area contributed by atoms with Crippen molar-refractivity contribution in [1.82, 2.24) is 15.2 Å². The maximum absolute atomic E-state index is 14.1. The summed E-state index contributed by atoms with van der Waals surface area (Å²) >= 11 is 4.53. The second-order valence-electron chi connectivity index (χ2n) is 11.6. The molecule has 0 bridgehead atoms. The summed E-state index contributed by atoms with van der Waals surface area (Å²) in [6.45, 7) is 3.03. The number of thiophene rings is 1. The molecule has 250 valence electrons. The highest BCUT2D eigenvalue weighted by atomic mass is 79.9. The lowest BCUT2D eigenvalue weighted by Crippen LogP contribution is -2.41. The van der Waals surface area contributed by atoms with Gasteiger partial charge in [0.25, 0.3) is 5.91 Å². The van der Waals surface area contributed by atoms with Crippen molar-refractivity contribution < 1.29 is 34.1 Å². The lowest BCUT2D eigenvalue weighted by Gasteiger charge is -2.36. The Hall–Kier alpha value is -5.11. The molecular formula is C36H31BrN4O7S. The number of benzene rings is 3. The first-order valence-electron chi connectivity index (χ1n) is 15.3. The number of hydrogen-bond donors (Lipinski definition) is 4. The van der Waals surface area contributed by atoms with Gasteiger partial charge in [0.2, 0.25) is 0 Å². The Labute approximate surface area is 293 Å². The quantitative estimate of drug-likeness (QED) is 0.127. The molecule has 1 aliphatic heterocycles. The van der Waals surface area contributed by atoms with Gasteiger partial charge in [-0.15, -0.1) is 11.3 Å². The lowest BCUT2D eigenvalue weighted by atomic mass is 9.96. The van der Waals surface area contributed by atoms with Crippen LogP contribution in [0.25, 0.3) is 22.2 Å². The van der Waals surface area contributed by atoms with Gasteiger partial charge in [-0.1, -0.05) is 57.9 Å². The minimum atomic E-state index is -1.73. The van der Waals surface area contributed by atoms with E-state index in [1.54, 1.807) is 13.2 Å². The van der Waals surface area contributed by atoms with Crippen LogP contribution in [0.4, 0.5) is 5.00 Å². The molecule has 1 unspecified atom stereocenters. The lowest BCUT2D eigenvalue weighted by molar-refractivity contribution is -0.147. The number of carboxylic acids is 2. The van der Waals surface area contributed by atoms with E-state index in [0.29, 0.717) is 57.9 Å². The zero-order valence-corrected chi connectivity index (χ0v) is 28.9. The second kappa shape index (κ2) is 14.2. The van der Waals surface area contributed by atoms with Gasteiger partial charge in [-0.05, 0) is 60.9 Å². The number of pyridine rings is 1. The molecule has 49 heavy (non-hydrogen) atoms. The number of aryl methyl sites for hydroxylation is 1. The Balaban J connectivity index is 1.37. The van der Waals surface area contributed by atoms with Crippen molar-refractivity contribution in [2.45, 2.75) is 25.9 Å². The van der Waals surface area contributed by atoms with Crippen molar-refractivity contribution in [1.29, 1.82) is 0 Å². The zero-order valence-electron chi connectivity index (χ0n) is 26.5. The highest BCUT2D eigenvalue weighted by Gasteiger charge is 2.36. The number of ether oxygens (including phenoxy) is 1. The predicted octanol–water partition coefficient (Wildman–Crippen LogP) is 6.29. The van der Waals surface area contributed by atoms with Gasteiger partial charge in [0, 0.05) is 39.9 Å². The smallest absolute Gasteiger partial charge is 0.394 e. The molecule has 1 atom stereocenters. The van der Waals surface area contributed by atoms with Crippen LogP contribution in [-0.4, -0.2) is 64.0 Å². The van der Waals surface area contributed by atoms with E-state index >= 15 is 0 Å². The van der Waals surface area contributed by atoms with Crippen molar-refractivity contribution in [2.24, 2.45) is 0 Å². The van der Waals surface area contributed by atoms with Gasteiger partial charge in [-0.2, -0.15) is 0 Å². The summed E-state index contributed by atoms with van der Waals surface area (Å²) in [6.07, 6.45) is 0.347. The van der Waals surface area contributed by atoms with Crippen LogP contribution < -0.4 is 15.4 Å². The standard InChI is InChI=1S/C36H31BrN4O7S/c1-19-3-7-21(8-4-19)28-16-26(25-15-22(37)9-12-27(25)39-28)32(42)38-17-29-31-24(30(35(44)45)34(49-31)40-33(43)36(46)47)13-14-41(29)18-20-5-10-23(48-2)11-6-20/h3-12,15-16,29H,13-14,17-18H2,1-2H3,(H,38,42)(H,40,43)(H,44,45)(H,46,47). The van der Waals surface area contributed by atoms with Crippen LogP contribution in [0.15, 0.2) is 77.3 Å². The number of halogens is 1. The predicted molar refractivity (Wildman–Crippen MR) is 189 cm³/mol. The fraction of sp³-hybridized carbons (Fsp3) is 0.194. The molecule has 5 aromatic rings. The third-order valence-electron chi connectivity index (χ3n) is 8.43. The number of fused-ring (bicyclic) bond motifs is 2. The number of methoxy groups -OCH3 is 1. The molecule has 13 heteroatoms. The summed E-state index contributed by atoms with van der Waals surface area (Å²) < 4.78 is 6.09. The van der Waals surface area contributed by atoms with Gasteiger partial charge in [-0.25, -0.2) is 14.6 Å². The van der Waals surface area contributed by atoms with Crippen LogP contribution in [0.5, 0.6) is 5.75 Å². The van der Waals surface area contributed by atoms with Crippen LogP contribution in [0.3, 0.4) is 0 Å². The van der Waals surface area contributed by atoms with Crippen LogP contribution in [0.1, 0.15) is 48.3 Å². The Bertz CT molecular complexity index is 2100. The third kappa shape index (κ3) is 7.19. The number of carbonyl (C=O) groups is 4. The Morgan fingerprint density at radius 1 is 1.02 bits per heavy atom. The molecule has 0 radical (unpaired) electrons. The van der Waals surface area contributed by atoms with Crippen molar-refractivity contribution in [2.75, 3.05) is 25.5 Å². The van der Waals surface area contributed by atoms with E-state index in [9.17, 15) is 29.4 Å². The molecule has 3 heterocycles. The molecule has 3 aromatic carbocycles. The molecule has 11 nitrogen and oxygen atoms in total. The molecule has 6 rings (SSSR count). The summed E-state index contributed by atoms with van der Waals surface area (Å²) in [5.74, 6) is -3.97. The van der Waals surface area contributed by atoms with Gasteiger partial charge >= 0.3 is 17.8 Å². The average molecular weight is 744 g/mol. The number of carbonyl (C=O) groups excluding carboxylic acids is 2. The molecule has 4 N–H and O–H groups in total. The van der Waals surface area contributed by atoms with E-state index in [4.69, 9.17) is 9.72 Å². The average Bonchev–Trinajstić information content (AvgIpc) is 3.46. The number of nitrogens with zero attached hydrogens (tertiary/aromatic N) is 2. The fourth-order valence-electron chi connectivity index (χ4n) is 5.97. The molecule has 2 aromatic heterocycles. The number of aromatic nitrogens is 1. The maximum Gasteiger partial charge on any atom is 0.394 e. The number of rotatable bonds is 9. The second-order valence-corrected chi connectivity index (χ2v) is 13.6. The molecule has 0 saturated heterocycles. The molecule has 0 saturated carbocycles. The number of amides is 2. The van der Waals surface area contributed by atoms with E-state index in [0.717, 1.165) is 32.5 Å². The number of anilines is 1. The number of aliphatic carboxylic acids is 1. The van der Waals surface area contributed by atoms with Gasteiger partial charge in [-0.3, -0.25) is 14.5 Å². The Kier molecular flexibility index (Phi) is 9.77. The van der Waals surface area contributed by atoms with Crippen LogP contribution in [0.2, 0.25) is 0 Å². The summed E-state index contributed by atoms with van der Waals surface area (Å²) in [4.78, 5) is 57.5. The first-order chi connectivity index (χ1) is 23.5. The fourth-order valence-corrected chi connectivity index (χ4v) is 7.70. The van der Waals surface area contributed by atoms with E-state index < -0.39 is 23.9 Å². The van der Waals surface area contributed by atoms with Crippen molar-refractivity contribution in [3.8, 4) is 17.0 Å². The number of aromatic carboxylic acids is 1. The molecule has 1 aliphatic rings. The molecule has 2 amide bonds. The van der Waals surface area contributed by atoms with Gasteiger partial charge in [0.15, 0.2) is 0 Å². The monoisotopic (exact) mass is 742 g/mol. The minimum Gasteiger partial charge on any atom is -0.497 e. The first-order valence-corrected chi connectivity index (χ1v) is 16.9. The Morgan fingerprint density at radius 3 is 2.43 bits per heavy atom. The van der Waals surface area contributed by atoms with Gasteiger partial charge in [0.05, 0.1) is 35.5 Å². The summed E-state index contributed by atoms with van der Waals surface area (Å²) in [5, 5.41) is 25.3. The van der Waals surface area contributed by atoms with Gasteiger partial charge < -0.3 is 25.6 Å². The molecule has 0 spiro atoms. The maximum atomic E-state index is 14.1. The summed E-state index contributed by atoms with van der Waals surface area (Å²) in [5.41, 5.74) is 5.02. The van der Waals surface area contributed by atoms with Crippen LogP contribution >= 0.6 is 27.3 Å². The normalized spacial score (nSPS) is 14.2. The molecule has 0 fully saturated rings. The SMILES string of the molecule is COc1ccc(CN2CCc3c(sc(NC(=O)C(=O)O)c3C(=O)O)C2CNC(=O)c2cc(-c3ccc(C)cc3)nc3ccc(Br)cc23)cc1. The zero-order chi connectivity index (χ0) is 34.8. The minimum absolute atomic E-state index is 0.0553. The number of hydrogen-bond acceptors (Lipinski definition) is 8. The highest BCUT2D eigenvalue weighted by molar-refractivity contribution is 9.10. The van der Waals surface area contributed by atoms with Gasteiger partial charge in [0.1, 0.15) is 10.8 Å². The van der Waals surface area contributed by atoms with Crippen molar-refractivity contribution >= 4 is 66.9 Å². The van der Waals surface area contributed by atoms with E-state index in [1.165, 1.54) is 0 Å². The topological polar surface area (TPSA) is 158 Å². The van der Waals surface area contributed by atoms with Crippen LogP contribution in [-0.2, 0) is 22.6 Å². The highest BCUT2D eigenvalue weighted by Crippen LogP contribution is 2.43. The summed E-state index contributed by atoms with van der Waals surface area (Å²) in [6, 6.07) is 22.3. The van der Waals surface area contributed by atoms with Crippen molar-refractivity contribution in [3.05, 3.63) is 110 Å². The molecular weight excluding hydrogens is 712 g/mol.